The highest BCUT2D eigenvalue weighted by Gasteiger charge is 2.38. The number of morpholine rings is 1. The van der Waals surface area contributed by atoms with Gasteiger partial charge in [-0.3, -0.25) is 9.69 Å². The quantitative estimate of drug-likeness (QED) is 0.584. The minimum Gasteiger partial charge on any atom is -0.475 e. The van der Waals surface area contributed by atoms with Crippen LogP contribution in [0.1, 0.15) is 33.3 Å². The van der Waals surface area contributed by atoms with Crippen LogP contribution in [0.15, 0.2) is 22.6 Å². The van der Waals surface area contributed by atoms with Crippen molar-refractivity contribution in [3.63, 3.8) is 0 Å². The Morgan fingerprint density at radius 2 is 2.00 bits per heavy atom. The van der Waals surface area contributed by atoms with Crippen molar-refractivity contribution in [3.05, 3.63) is 52.5 Å². The van der Waals surface area contributed by atoms with E-state index in [9.17, 15) is 22.4 Å². The van der Waals surface area contributed by atoms with E-state index in [0.29, 0.717) is 38.2 Å². The molecule has 0 spiro atoms. The number of alkyl halides is 3. The van der Waals surface area contributed by atoms with E-state index in [0.717, 1.165) is 36.7 Å². The molecule has 4 rings (SSSR count). The van der Waals surface area contributed by atoms with Crippen LogP contribution in [-0.2, 0) is 29.0 Å². The number of likely N-dealkylation sites (N-methyl/N-ethyl adjacent to an activating group) is 1. The van der Waals surface area contributed by atoms with Gasteiger partial charge in [0.2, 0.25) is 0 Å². The van der Waals surface area contributed by atoms with Crippen molar-refractivity contribution in [1.82, 2.24) is 20.1 Å². The second kappa shape index (κ2) is 11.8. The molecule has 13 heteroatoms. The summed E-state index contributed by atoms with van der Waals surface area (Å²) in [5.74, 6) is -2.37. The van der Waals surface area contributed by atoms with Crippen LogP contribution in [0, 0.1) is 12.7 Å². The van der Waals surface area contributed by atoms with Gasteiger partial charge in [0, 0.05) is 45.7 Å². The summed E-state index contributed by atoms with van der Waals surface area (Å²) in [7, 11) is 2.04. The number of hydrogen-bond donors (Lipinski definition) is 2. The van der Waals surface area contributed by atoms with Crippen molar-refractivity contribution < 1.29 is 41.4 Å². The third-order valence-corrected chi connectivity index (χ3v) is 5.70. The molecule has 1 aromatic carbocycles. The molecule has 0 bridgehead atoms. The molecule has 1 unspecified atom stereocenters. The number of oxazole rings is 1. The molecule has 9 nitrogen and oxygen atoms in total. The molecule has 0 aliphatic carbocycles. The summed E-state index contributed by atoms with van der Waals surface area (Å²) in [6.45, 7) is 6.71. The number of nitrogens with one attached hydrogen (secondary N) is 1. The standard InChI is InChI=1S/C21H27FN4O3.C2HF3O2/c1-14-9-15(3-4-17(14)22)11-26-6-5-19-18(13-26)24-21(29-19)20(27)23-10-16-12-25(2)7-8-28-16;3-2(4,5)1(6)7/h3-4,9,16H,5-8,10-13H2,1-2H3,(H,23,27);(H,6,7). The Labute approximate surface area is 205 Å². The average Bonchev–Trinajstić information content (AvgIpc) is 3.23. The van der Waals surface area contributed by atoms with Gasteiger partial charge in [-0.25, -0.2) is 14.2 Å². The fraction of sp³-hybridized carbons (Fsp3) is 0.522. The molecule has 1 saturated heterocycles. The van der Waals surface area contributed by atoms with Crippen LogP contribution < -0.4 is 5.32 Å². The van der Waals surface area contributed by atoms with Gasteiger partial charge in [0.1, 0.15) is 11.6 Å². The number of hydrogen-bond acceptors (Lipinski definition) is 7. The lowest BCUT2D eigenvalue weighted by atomic mass is 10.1. The van der Waals surface area contributed by atoms with E-state index >= 15 is 0 Å². The van der Waals surface area contributed by atoms with Crippen molar-refractivity contribution in [3.8, 4) is 0 Å². The van der Waals surface area contributed by atoms with Gasteiger partial charge < -0.3 is 24.5 Å². The van der Waals surface area contributed by atoms with Gasteiger partial charge in [0.05, 0.1) is 18.4 Å². The zero-order chi connectivity index (χ0) is 26.5. The lowest BCUT2D eigenvalue weighted by molar-refractivity contribution is -0.192. The maximum absolute atomic E-state index is 13.5. The zero-order valence-electron chi connectivity index (χ0n) is 19.9. The Balaban J connectivity index is 0.000000454. The van der Waals surface area contributed by atoms with Crippen molar-refractivity contribution in [1.29, 1.82) is 0 Å². The lowest BCUT2D eigenvalue weighted by Crippen LogP contribution is -2.45. The molecule has 36 heavy (non-hydrogen) atoms. The zero-order valence-corrected chi connectivity index (χ0v) is 19.9. The first-order valence-electron chi connectivity index (χ1n) is 11.3. The molecule has 0 saturated carbocycles. The second-order valence-corrected chi connectivity index (χ2v) is 8.70. The lowest BCUT2D eigenvalue weighted by Gasteiger charge is -2.29. The van der Waals surface area contributed by atoms with Gasteiger partial charge >= 0.3 is 18.1 Å². The first kappa shape index (κ1) is 27.6. The number of aromatic nitrogens is 1. The minimum absolute atomic E-state index is 0.0167. The number of carbonyl (C=O) groups is 2. The first-order valence-corrected chi connectivity index (χ1v) is 11.3. The number of halogens is 4. The van der Waals surface area contributed by atoms with Gasteiger partial charge in [-0.1, -0.05) is 12.1 Å². The number of aliphatic carboxylic acids is 1. The number of rotatable bonds is 5. The van der Waals surface area contributed by atoms with Crippen molar-refractivity contribution in [2.75, 3.05) is 39.8 Å². The van der Waals surface area contributed by atoms with Crippen LogP contribution in [0.2, 0.25) is 0 Å². The molecule has 3 heterocycles. The highest BCUT2D eigenvalue weighted by atomic mass is 19.4. The number of amides is 1. The predicted molar refractivity (Wildman–Crippen MR) is 119 cm³/mol. The van der Waals surface area contributed by atoms with Gasteiger partial charge in [-0.05, 0) is 31.2 Å². The van der Waals surface area contributed by atoms with Crippen LogP contribution >= 0.6 is 0 Å². The smallest absolute Gasteiger partial charge is 0.475 e. The van der Waals surface area contributed by atoms with Crippen LogP contribution in [0.4, 0.5) is 17.6 Å². The van der Waals surface area contributed by atoms with Crippen LogP contribution in [0.3, 0.4) is 0 Å². The number of carboxylic acids is 1. The molecule has 1 fully saturated rings. The summed E-state index contributed by atoms with van der Waals surface area (Å²) in [5, 5.41) is 9.99. The number of carboxylic acid groups (broad SMARTS) is 1. The Bertz CT molecular complexity index is 1080. The summed E-state index contributed by atoms with van der Waals surface area (Å²) in [5.41, 5.74) is 2.51. The first-order chi connectivity index (χ1) is 16.9. The summed E-state index contributed by atoms with van der Waals surface area (Å²) in [6.07, 6.45) is -4.40. The highest BCUT2D eigenvalue weighted by Crippen LogP contribution is 2.22. The average molecular weight is 516 g/mol. The summed E-state index contributed by atoms with van der Waals surface area (Å²) < 4.78 is 56.6. The summed E-state index contributed by atoms with van der Waals surface area (Å²) in [6, 6.07) is 5.19. The number of carbonyl (C=O) groups excluding carboxylic acids is 1. The van der Waals surface area contributed by atoms with Crippen LogP contribution in [-0.4, -0.2) is 83.9 Å². The number of benzene rings is 1. The number of ether oxygens (including phenoxy) is 1. The molecule has 1 aromatic heterocycles. The van der Waals surface area contributed by atoms with Gasteiger partial charge in [-0.15, -0.1) is 0 Å². The van der Waals surface area contributed by atoms with Crippen molar-refractivity contribution in [2.45, 2.75) is 38.7 Å². The number of fused-ring (bicyclic) bond motifs is 1. The minimum atomic E-state index is -5.08. The van der Waals surface area contributed by atoms with E-state index in [1.54, 1.807) is 6.92 Å². The Hall–Kier alpha value is -3.03. The number of nitrogens with zero attached hydrogens (tertiary/aromatic N) is 3. The fourth-order valence-corrected chi connectivity index (χ4v) is 3.82. The molecule has 1 atom stereocenters. The molecule has 2 aromatic rings. The molecule has 2 N–H and O–H groups in total. The topological polar surface area (TPSA) is 108 Å². The molecule has 2 aliphatic heterocycles. The Morgan fingerprint density at radius 1 is 1.28 bits per heavy atom. The highest BCUT2D eigenvalue weighted by molar-refractivity contribution is 5.89. The molecule has 2 aliphatic rings. The van der Waals surface area contributed by atoms with Gasteiger partial charge in [0.25, 0.3) is 5.89 Å². The summed E-state index contributed by atoms with van der Waals surface area (Å²) in [4.78, 5) is 30.2. The van der Waals surface area contributed by atoms with E-state index in [4.69, 9.17) is 19.1 Å². The van der Waals surface area contributed by atoms with E-state index in [-0.39, 0.29) is 23.7 Å². The van der Waals surface area contributed by atoms with E-state index in [1.807, 2.05) is 19.2 Å². The predicted octanol–water partition coefficient (Wildman–Crippen LogP) is 2.37. The SMILES string of the molecule is Cc1cc(CN2CCc3oc(C(=O)NCC4CN(C)CCO4)nc3C2)ccc1F.O=C(O)C(F)(F)F. The fourth-order valence-electron chi connectivity index (χ4n) is 3.82. The van der Waals surface area contributed by atoms with Crippen molar-refractivity contribution in [2.24, 2.45) is 0 Å². The summed E-state index contributed by atoms with van der Waals surface area (Å²) >= 11 is 0. The van der Waals surface area contributed by atoms with E-state index < -0.39 is 12.1 Å². The number of aryl methyl sites for hydroxylation is 1. The second-order valence-electron chi connectivity index (χ2n) is 8.70. The third-order valence-electron chi connectivity index (χ3n) is 5.70. The van der Waals surface area contributed by atoms with E-state index in [2.05, 4.69) is 20.1 Å². The monoisotopic (exact) mass is 516 g/mol. The molecule has 0 radical (unpaired) electrons. The molecular weight excluding hydrogens is 488 g/mol. The third kappa shape index (κ3) is 7.73. The molecule has 1 amide bonds. The Kier molecular flexibility index (Phi) is 9.03. The molecular formula is C23H28F4N4O5. The van der Waals surface area contributed by atoms with Gasteiger partial charge in [0.15, 0.2) is 0 Å². The largest absolute Gasteiger partial charge is 0.490 e. The van der Waals surface area contributed by atoms with Crippen LogP contribution in [0.5, 0.6) is 0 Å². The maximum Gasteiger partial charge on any atom is 0.490 e. The molecule has 198 valence electrons. The maximum atomic E-state index is 13.5. The van der Waals surface area contributed by atoms with Crippen molar-refractivity contribution >= 4 is 11.9 Å². The Morgan fingerprint density at radius 3 is 2.64 bits per heavy atom. The van der Waals surface area contributed by atoms with Crippen LogP contribution in [0.25, 0.3) is 0 Å². The van der Waals surface area contributed by atoms with Gasteiger partial charge in [-0.2, -0.15) is 13.2 Å². The van der Waals surface area contributed by atoms with E-state index in [1.165, 1.54) is 6.07 Å². The normalized spacial score (nSPS) is 18.7.